The highest BCUT2D eigenvalue weighted by Crippen LogP contribution is 2.44. The van der Waals surface area contributed by atoms with E-state index in [2.05, 4.69) is 31.9 Å². The van der Waals surface area contributed by atoms with Gasteiger partial charge in [0, 0.05) is 0 Å². The molecule has 8 heteroatoms. The van der Waals surface area contributed by atoms with Crippen LogP contribution in [-0.2, 0) is 0 Å². The highest BCUT2D eigenvalue weighted by Gasteiger charge is 2.33. The fraction of sp³-hybridized carbons (Fsp3) is 0.143. The van der Waals surface area contributed by atoms with Gasteiger partial charge in [0.1, 0.15) is 5.82 Å². The topological polar surface area (TPSA) is 0 Å². The summed E-state index contributed by atoms with van der Waals surface area (Å²) >= 11 is 4.47. The smallest absolute Gasteiger partial charge is 0.206 e. The highest BCUT2D eigenvalue weighted by molar-refractivity contribution is 9.11. The summed E-state index contributed by atoms with van der Waals surface area (Å²) in [5, 5.41) is 0. The van der Waals surface area contributed by atoms with Crippen molar-refractivity contribution in [3.05, 3.63) is 26.6 Å². The monoisotopic (exact) mass is 370 g/mol. The van der Waals surface area contributed by atoms with Crippen LogP contribution in [0.25, 0.3) is 0 Å². The number of halogens is 7. The number of rotatable bonds is 1. The average Bonchev–Trinajstić information content (AvgIpc) is 2.08. The van der Waals surface area contributed by atoms with Crippen LogP contribution in [0, 0.1) is 11.6 Å². The number of hydrogen-bond acceptors (Lipinski definition) is 1. The lowest BCUT2D eigenvalue weighted by atomic mass is 10.3. The van der Waals surface area contributed by atoms with Gasteiger partial charge in [-0.25, -0.2) is 8.78 Å². The summed E-state index contributed by atoms with van der Waals surface area (Å²) in [7, 11) is 0. The van der Waals surface area contributed by atoms with Crippen LogP contribution in [0.1, 0.15) is 0 Å². The normalized spacial score (nSPS) is 11.9. The van der Waals surface area contributed by atoms with Crippen LogP contribution in [0.15, 0.2) is 19.9 Å². The Hall–Kier alpha value is 0.180. The van der Waals surface area contributed by atoms with Crippen LogP contribution in [0.5, 0.6) is 0 Å². The van der Waals surface area contributed by atoms with E-state index < -0.39 is 38.3 Å². The molecule has 0 saturated carbocycles. The molecule has 0 radical (unpaired) electrons. The first-order valence-electron chi connectivity index (χ1n) is 3.31. The minimum atomic E-state index is -4.67. The molecule has 1 aromatic carbocycles. The van der Waals surface area contributed by atoms with Gasteiger partial charge in [0.2, 0.25) is 0 Å². The van der Waals surface area contributed by atoms with Crippen LogP contribution >= 0.6 is 43.6 Å². The average molecular weight is 372 g/mol. The third-order valence-corrected chi connectivity index (χ3v) is 3.72. The van der Waals surface area contributed by atoms with Gasteiger partial charge in [-0.05, 0) is 49.7 Å². The zero-order chi connectivity index (χ0) is 11.8. The number of benzene rings is 1. The first-order valence-corrected chi connectivity index (χ1v) is 5.71. The Morgan fingerprint density at radius 3 is 2.13 bits per heavy atom. The summed E-state index contributed by atoms with van der Waals surface area (Å²) in [6, 6.07) is 0.750. The largest absolute Gasteiger partial charge is 0.446 e. The molecule has 0 atom stereocenters. The van der Waals surface area contributed by atoms with Gasteiger partial charge in [-0.3, -0.25) is 0 Å². The van der Waals surface area contributed by atoms with Crippen molar-refractivity contribution in [2.45, 2.75) is 10.4 Å². The van der Waals surface area contributed by atoms with Gasteiger partial charge >= 0.3 is 5.51 Å². The Kier molecular flexibility index (Phi) is 4.05. The predicted octanol–water partition coefficient (Wildman–Crippen LogP) is 5.10. The van der Waals surface area contributed by atoms with E-state index in [-0.39, 0.29) is 4.47 Å². The van der Waals surface area contributed by atoms with Gasteiger partial charge in [-0.15, -0.1) is 0 Å². The molecule has 0 aliphatic carbocycles. The Morgan fingerprint density at radius 2 is 1.67 bits per heavy atom. The molecule has 1 aromatic rings. The number of thioether (sulfide) groups is 1. The summed E-state index contributed by atoms with van der Waals surface area (Å²) in [4.78, 5) is -0.825. The maximum atomic E-state index is 13.2. The van der Waals surface area contributed by atoms with Crippen molar-refractivity contribution in [1.82, 2.24) is 0 Å². The van der Waals surface area contributed by atoms with Crippen molar-refractivity contribution >= 4 is 43.6 Å². The minimum Gasteiger partial charge on any atom is -0.206 e. The second-order valence-corrected chi connectivity index (χ2v) is 5.07. The lowest BCUT2D eigenvalue weighted by molar-refractivity contribution is -0.0329. The molecule has 0 aliphatic heterocycles. The third kappa shape index (κ3) is 3.32. The van der Waals surface area contributed by atoms with Crippen molar-refractivity contribution < 1.29 is 22.0 Å². The van der Waals surface area contributed by atoms with Gasteiger partial charge in [0.05, 0.1) is 13.8 Å². The van der Waals surface area contributed by atoms with Crippen LogP contribution in [0.3, 0.4) is 0 Å². The Balaban J connectivity index is 3.27. The Bertz CT molecular complexity index is 364. The maximum absolute atomic E-state index is 13.2. The van der Waals surface area contributed by atoms with Gasteiger partial charge in [0.15, 0.2) is 5.82 Å². The lowest BCUT2D eigenvalue weighted by Gasteiger charge is -2.10. The molecule has 0 amide bonds. The minimum absolute atomic E-state index is 0.352. The molecule has 0 bridgehead atoms. The summed E-state index contributed by atoms with van der Waals surface area (Å²) in [6.07, 6.45) is 0. The molecule has 0 N–H and O–H groups in total. The quantitative estimate of drug-likeness (QED) is 0.376. The SMILES string of the molecule is Fc1cc(Br)c(F)c(SC(F)(F)F)c1Br. The van der Waals surface area contributed by atoms with Crippen molar-refractivity contribution in [2.75, 3.05) is 0 Å². The van der Waals surface area contributed by atoms with Crippen LogP contribution in [0.2, 0.25) is 0 Å². The first kappa shape index (κ1) is 13.2. The molecule has 0 spiro atoms. The zero-order valence-corrected chi connectivity index (χ0v) is 10.6. The maximum Gasteiger partial charge on any atom is 0.446 e. The molecule has 84 valence electrons. The lowest BCUT2D eigenvalue weighted by Crippen LogP contribution is -2.02. The molecule has 0 fully saturated rings. The van der Waals surface area contributed by atoms with Gasteiger partial charge in [-0.2, -0.15) is 13.2 Å². The number of hydrogen-bond donors (Lipinski definition) is 0. The van der Waals surface area contributed by atoms with Gasteiger partial charge < -0.3 is 0 Å². The molecule has 0 nitrogen and oxygen atoms in total. The summed E-state index contributed by atoms with van der Waals surface area (Å²) in [5.74, 6) is -2.11. The molecule has 0 aromatic heterocycles. The van der Waals surface area contributed by atoms with E-state index >= 15 is 0 Å². The van der Waals surface area contributed by atoms with Crippen LogP contribution in [-0.4, -0.2) is 5.51 Å². The van der Waals surface area contributed by atoms with Gasteiger partial charge in [-0.1, -0.05) is 0 Å². The first-order chi connectivity index (χ1) is 6.72. The molecule has 0 aliphatic rings. The van der Waals surface area contributed by atoms with E-state index in [0.29, 0.717) is 0 Å². The zero-order valence-electron chi connectivity index (χ0n) is 6.63. The van der Waals surface area contributed by atoms with E-state index in [4.69, 9.17) is 0 Å². The summed E-state index contributed by atoms with van der Waals surface area (Å²) in [6.45, 7) is 0. The highest BCUT2D eigenvalue weighted by atomic mass is 79.9. The van der Waals surface area contributed by atoms with E-state index in [1.807, 2.05) is 0 Å². The molecule has 0 saturated heterocycles. The van der Waals surface area contributed by atoms with Crippen molar-refractivity contribution in [1.29, 1.82) is 0 Å². The fourth-order valence-electron chi connectivity index (χ4n) is 0.757. The van der Waals surface area contributed by atoms with E-state index in [1.54, 1.807) is 0 Å². The van der Waals surface area contributed by atoms with E-state index in [0.717, 1.165) is 6.07 Å². The molecular formula is C7HBr2F5S. The van der Waals surface area contributed by atoms with E-state index in [1.165, 1.54) is 0 Å². The summed E-state index contributed by atoms with van der Waals surface area (Å²) in [5.41, 5.74) is -4.67. The molecular weight excluding hydrogens is 371 g/mol. The molecule has 0 unspecified atom stereocenters. The van der Waals surface area contributed by atoms with Crippen molar-refractivity contribution in [3.8, 4) is 0 Å². The molecule has 0 heterocycles. The predicted molar refractivity (Wildman–Crippen MR) is 53.7 cm³/mol. The standard InChI is InChI=1S/C7HBr2F5S/c8-2-1-3(10)4(9)6(5(2)11)15-7(12,13)14/h1H. The third-order valence-electron chi connectivity index (χ3n) is 1.29. The molecule has 15 heavy (non-hydrogen) atoms. The Labute approximate surface area is 102 Å². The molecule has 1 rings (SSSR count). The fourth-order valence-corrected chi connectivity index (χ4v) is 2.44. The van der Waals surface area contributed by atoms with Crippen molar-refractivity contribution in [2.24, 2.45) is 0 Å². The second kappa shape index (κ2) is 4.58. The van der Waals surface area contributed by atoms with E-state index in [9.17, 15) is 22.0 Å². The van der Waals surface area contributed by atoms with Gasteiger partial charge in [0.25, 0.3) is 0 Å². The summed E-state index contributed by atoms with van der Waals surface area (Å²) < 4.78 is 61.3. The second-order valence-electron chi connectivity index (χ2n) is 2.35. The van der Waals surface area contributed by atoms with Crippen LogP contribution in [0.4, 0.5) is 22.0 Å². The van der Waals surface area contributed by atoms with Crippen molar-refractivity contribution in [3.63, 3.8) is 0 Å². The Morgan fingerprint density at radius 1 is 1.13 bits per heavy atom. The van der Waals surface area contributed by atoms with Crippen LogP contribution < -0.4 is 0 Å². The number of alkyl halides is 3.